The monoisotopic (exact) mass is 290 g/mol. The number of nitro groups is 1. The molecule has 0 spiro atoms. The Bertz CT molecular complexity index is 599. The lowest BCUT2D eigenvalue weighted by Crippen LogP contribution is -2.38. The Balaban J connectivity index is 2.91. The largest absolute Gasteiger partial charge is 0.327 e. The second-order valence-corrected chi connectivity index (χ2v) is 5.83. The molecule has 0 aliphatic carbocycles. The molecule has 0 saturated carbocycles. The molecule has 112 valence electrons. The molecule has 1 aromatic rings. The molecule has 1 amide bonds. The van der Waals surface area contributed by atoms with E-state index >= 15 is 0 Å². The Morgan fingerprint density at radius 2 is 2.14 bits per heavy atom. The summed E-state index contributed by atoms with van der Waals surface area (Å²) in [6, 6.07) is 5.33. The van der Waals surface area contributed by atoms with Gasteiger partial charge >= 0.3 is 0 Å². The van der Waals surface area contributed by atoms with Gasteiger partial charge in [0.05, 0.1) is 16.6 Å². The number of carbonyl (C=O) groups excluding carboxylic acids is 1. The fraction of sp³-hybridized carbons (Fsp3) is 0.429. The van der Waals surface area contributed by atoms with Crippen molar-refractivity contribution in [2.24, 2.45) is 11.1 Å². The van der Waals surface area contributed by atoms with Crippen LogP contribution in [-0.4, -0.2) is 16.9 Å². The van der Waals surface area contributed by atoms with Crippen molar-refractivity contribution >= 4 is 17.3 Å². The second kappa shape index (κ2) is 6.33. The highest BCUT2D eigenvalue weighted by Gasteiger charge is 2.24. The average molecular weight is 290 g/mol. The molecule has 1 unspecified atom stereocenters. The van der Waals surface area contributed by atoms with Crippen LogP contribution in [0.2, 0.25) is 0 Å². The summed E-state index contributed by atoms with van der Waals surface area (Å²) in [5.74, 6) is -0.398. The lowest BCUT2D eigenvalue weighted by atomic mass is 9.85. The van der Waals surface area contributed by atoms with Crippen molar-refractivity contribution in [2.75, 3.05) is 5.32 Å². The maximum Gasteiger partial charge on any atom is 0.294 e. The lowest BCUT2D eigenvalue weighted by Gasteiger charge is -2.26. The van der Waals surface area contributed by atoms with Crippen LogP contribution < -0.4 is 11.1 Å². The summed E-state index contributed by atoms with van der Waals surface area (Å²) in [5, 5.41) is 22.2. The number of benzene rings is 1. The number of nitrogens with zero attached hydrogens (tertiary/aromatic N) is 2. The van der Waals surface area contributed by atoms with Crippen LogP contribution in [0.3, 0.4) is 0 Å². The molecular weight excluding hydrogens is 272 g/mol. The van der Waals surface area contributed by atoms with E-state index in [1.54, 1.807) is 0 Å². The van der Waals surface area contributed by atoms with Crippen molar-refractivity contribution in [1.29, 1.82) is 5.26 Å². The van der Waals surface area contributed by atoms with Crippen LogP contribution in [0.15, 0.2) is 18.2 Å². The number of hydrogen-bond donors (Lipinski definition) is 2. The lowest BCUT2D eigenvalue weighted by molar-refractivity contribution is -0.383. The number of rotatable bonds is 4. The SMILES string of the molecule is CC(C)(C)C(N)CC(=O)Nc1ccc(C#N)cc1[N+](=O)[O-]. The maximum atomic E-state index is 11.9. The Labute approximate surface area is 122 Å². The highest BCUT2D eigenvalue weighted by atomic mass is 16.6. The first kappa shape index (κ1) is 16.6. The minimum absolute atomic E-state index is 0.0562. The first-order valence-electron chi connectivity index (χ1n) is 6.39. The van der Waals surface area contributed by atoms with E-state index < -0.39 is 10.8 Å². The number of nitriles is 1. The number of amides is 1. The predicted octanol–water partition coefficient (Wildman–Crippen LogP) is 2.17. The number of nitro benzene ring substituents is 1. The zero-order chi connectivity index (χ0) is 16.2. The summed E-state index contributed by atoms with van der Waals surface area (Å²) in [7, 11) is 0. The molecule has 0 radical (unpaired) electrons. The predicted molar refractivity (Wildman–Crippen MR) is 78.5 cm³/mol. The normalized spacial score (nSPS) is 12.3. The molecule has 0 aromatic heterocycles. The first-order chi connectivity index (χ1) is 9.65. The molecule has 1 aromatic carbocycles. The molecule has 0 aliphatic rings. The zero-order valence-electron chi connectivity index (χ0n) is 12.2. The Morgan fingerprint density at radius 3 is 2.62 bits per heavy atom. The third-order valence-electron chi connectivity index (χ3n) is 3.12. The molecule has 1 atom stereocenters. The Morgan fingerprint density at radius 1 is 1.52 bits per heavy atom. The topological polar surface area (TPSA) is 122 Å². The fourth-order valence-electron chi connectivity index (χ4n) is 1.57. The quantitative estimate of drug-likeness (QED) is 0.650. The van der Waals surface area contributed by atoms with Gasteiger partial charge in [-0.15, -0.1) is 0 Å². The summed E-state index contributed by atoms with van der Waals surface area (Å²) in [6.45, 7) is 5.74. The summed E-state index contributed by atoms with van der Waals surface area (Å²) in [6.07, 6.45) is 0.0562. The van der Waals surface area contributed by atoms with Crippen LogP contribution in [0.5, 0.6) is 0 Å². The summed E-state index contributed by atoms with van der Waals surface area (Å²) >= 11 is 0. The number of nitrogens with one attached hydrogen (secondary N) is 1. The average Bonchev–Trinajstić information content (AvgIpc) is 2.37. The third-order valence-corrected chi connectivity index (χ3v) is 3.12. The van der Waals surface area contributed by atoms with Crippen LogP contribution in [0.1, 0.15) is 32.8 Å². The summed E-state index contributed by atoms with van der Waals surface area (Å²) in [4.78, 5) is 22.3. The van der Waals surface area contributed by atoms with Crippen LogP contribution in [0.25, 0.3) is 0 Å². The fourth-order valence-corrected chi connectivity index (χ4v) is 1.57. The molecule has 0 heterocycles. The van der Waals surface area contributed by atoms with E-state index in [4.69, 9.17) is 11.0 Å². The third kappa shape index (κ3) is 4.54. The van der Waals surface area contributed by atoms with Gasteiger partial charge in [0.15, 0.2) is 0 Å². The van der Waals surface area contributed by atoms with E-state index in [1.807, 2.05) is 26.8 Å². The van der Waals surface area contributed by atoms with Gasteiger partial charge in [-0.25, -0.2) is 0 Å². The van der Waals surface area contributed by atoms with Crippen molar-refractivity contribution < 1.29 is 9.72 Å². The van der Waals surface area contributed by atoms with Gasteiger partial charge in [-0.1, -0.05) is 20.8 Å². The van der Waals surface area contributed by atoms with E-state index in [-0.39, 0.29) is 34.8 Å². The van der Waals surface area contributed by atoms with E-state index in [9.17, 15) is 14.9 Å². The molecule has 0 fully saturated rings. The maximum absolute atomic E-state index is 11.9. The van der Waals surface area contributed by atoms with E-state index in [0.29, 0.717) is 0 Å². The first-order valence-corrected chi connectivity index (χ1v) is 6.39. The van der Waals surface area contributed by atoms with Gasteiger partial charge in [0.1, 0.15) is 5.69 Å². The van der Waals surface area contributed by atoms with Crippen molar-refractivity contribution in [1.82, 2.24) is 0 Å². The molecule has 0 bridgehead atoms. The van der Waals surface area contributed by atoms with E-state index in [0.717, 1.165) is 6.07 Å². The van der Waals surface area contributed by atoms with Gasteiger partial charge in [-0.05, 0) is 17.5 Å². The van der Waals surface area contributed by atoms with Crippen LogP contribution in [0.4, 0.5) is 11.4 Å². The van der Waals surface area contributed by atoms with Gasteiger partial charge in [-0.3, -0.25) is 14.9 Å². The smallest absolute Gasteiger partial charge is 0.294 e. The standard InChI is InChI=1S/C14H18N4O3/c1-14(2,3)12(16)7-13(19)17-10-5-4-9(8-15)6-11(10)18(20)21/h4-6,12H,7,16H2,1-3H3,(H,17,19). The van der Waals surface area contributed by atoms with E-state index in [2.05, 4.69) is 5.32 Å². The van der Waals surface area contributed by atoms with Crippen LogP contribution in [0, 0.1) is 26.9 Å². The molecule has 0 saturated heterocycles. The molecule has 7 heteroatoms. The van der Waals surface area contributed by atoms with Crippen molar-refractivity contribution in [3.63, 3.8) is 0 Å². The van der Waals surface area contributed by atoms with Crippen LogP contribution in [-0.2, 0) is 4.79 Å². The molecule has 3 N–H and O–H groups in total. The van der Waals surface area contributed by atoms with Crippen molar-refractivity contribution in [2.45, 2.75) is 33.2 Å². The van der Waals surface area contributed by atoms with Gasteiger partial charge in [0, 0.05) is 18.5 Å². The number of anilines is 1. The van der Waals surface area contributed by atoms with E-state index in [1.165, 1.54) is 12.1 Å². The molecular formula is C14H18N4O3. The molecule has 21 heavy (non-hydrogen) atoms. The molecule has 1 rings (SSSR count). The van der Waals surface area contributed by atoms with Gasteiger partial charge in [0.2, 0.25) is 5.91 Å². The number of nitrogens with two attached hydrogens (primary N) is 1. The molecule has 7 nitrogen and oxygen atoms in total. The van der Waals surface area contributed by atoms with Crippen LogP contribution >= 0.6 is 0 Å². The highest BCUT2D eigenvalue weighted by molar-refractivity contribution is 5.93. The van der Waals surface area contributed by atoms with Crippen molar-refractivity contribution in [3.05, 3.63) is 33.9 Å². The van der Waals surface area contributed by atoms with Gasteiger partial charge in [-0.2, -0.15) is 5.26 Å². The minimum Gasteiger partial charge on any atom is -0.327 e. The second-order valence-electron chi connectivity index (χ2n) is 5.83. The Kier molecular flexibility index (Phi) is 5.00. The summed E-state index contributed by atoms with van der Waals surface area (Å²) in [5.41, 5.74) is 5.57. The number of carbonyl (C=O) groups is 1. The Hall–Kier alpha value is -2.46. The molecule has 0 aliphatic heterocycles. The minimum atomic E-state index is -0.639. The summed E-state index contributed by atoms with van der Waals surface area (Å²) < 4.78 is 0. The van der Waals surface area contributed by atoms with Crippen molar-refractivity contribution in [3.8, 4) is 6.07 Å². The van der Waals surface area contributed by atoms with Gasteiger partial charge < -0.3 is 11.1 Å². The highest BCUT2D eigenvalue weighted by Crippen LogP contribution is 2.26. The number of hydrogen-bond acceptors (Lipinski definition) is 5. The zero-order valence-corrected chi connectivity index (χ0v) is 12.2. The van der Waals surface area contributed by atoms with Gasteiger partial charge in [0.25, 0.3) is 5.69 Å².